The Kier molecular flexibility index (Phi) is 13.2. The van der Waals surface area contributed by atoms with Gasteiger partial charge in [-0.25, -0.2) is 4.79 Å². The molecule has 2 unspecified atom stereocenters. The Morgan fingerprint density at radius 1 is 1.09 bits per heavy atom. The fourth-order valence-corrected chi connectivity index (χ4v) is 4.64. The molecule has 0 aromatic carbocycles. The number of carbonyl (C=O) groups excluding carboxylic acids is 1. The van der Waals surface area contributed by atoms with E-state index in [0.29, 0.717) is 32.3 Å². The predicted molar refractivity (Wildman–Crippen MR) is 125 cm³/mol. The molecule has 0 aromatic heterocycles. The number of hydrogen-bond acceptors (Lipinski definition) is 6. The van der Waals surface area contributed by atoms with Gasteiger partial charge in [0, 0.05) is 18.9 Å². The Morgan fingerprint density at radius 2 is 1.94 bits per heavy atom. The van der Waals surface area contributed by atoms with Gasteiger partial charge in [-0.2, -0.15) is 0 Å². The normalized spacial score (nSPS) is 29.7. The molecule has 6 atom stereocenters. The molecule has 1 aliphatic carbocycles. The number of methoxy groups -OCH3 is 1. The fourth-order valence-electron chi connectivity index (χ4n) is 4.64. The van der Waals surface area contributed by atoms with Crippen molar-refractivity contribution >= 4 is 5.97 Å². The topological polar surface area (TPSA) is 85.2 Å². The van der Waals surface area contributed by atoms with Crippen molar-refractivity contribution in [2.45, 2.75) is 109 Å². The maximum Gasteiger partial charge on any atom is 0.335 e. The molecule has 0 bridgehead atoms. The van der Waals surface area contributed by atoms with Crippen LogP contribution in [0.5, 0.6) is 0 Å². The lowest BCUT2D eigenvalue weighted by molar-refractivity contribution is -0.203. The summed E-state index contributed by atoms with van der Waals surface area (Å²) in [5, 5.41) is 20.8. The average Bonchev–Trinajstić information content (AvgIpc) is 3.07. The minimum Gasteiger partial charge on any atom is -0.467 e. The second kappa shape index (κ2) is 15.6. The Balaban J connectivity index is 1.78. The summed E-state index contributed by atoms with van der Waals surface area (Å²) in [4.78, 5) is 12.1. The first-order valence-corrected chi connectivity index (χ1v) is 12.6. The first-order chi connectivity index (χ1) is 15.6. The van der Waals surface area contributed by atoms with Crippen molar-refractivity contribution in [3.63, 3.8) is 0 Å². The molecule has 1 saturated carbocycles. The molecule has 6 nitrogen and oxygen atoms in total. The van der Waals surface area contributed by atoms with E-state index in [1.54, 1.807) is 0 Å². The molecule has 0 aromatic rings. The zero-order valence-electron chi connectivity index (χ0n) is 20.0. The Bertz CT molecular complexity index is 569. The van der Waals surface area contributed by atoms with Crippen molar-refractivity contribution in [2.24, 2.45) is 11.8 Å². The van der Waals surface area contributed by atoms with Crippen molar-refractivity contribution in [2.75, 3.05) is 13.7 Å². The highest BCUT2D eigenvalue weighted by molar-refractivity contribution is 5.74. The van der Waals surface area contributed by atoms with Crippen molar-refractivity contribution in [1.82, 2.24) is 0 Å². The van der Waals surface area contributed by atoms with Crippen molar-refractivity contribution in [1.29, 1.82) is 0 Å². The molecule has 0 amide bonds. The summed E-state index contributed by atoms with van der Waals surface area (Å²) in [6, 6.07) is 0. The van der Waals surface area contributed by atoms with Gasteiger partial charge >= 0.3 is 5.97 Å². The molecule has 2 aliphatic rings. The lowest BCUT2D eigenvalue weighted by Crippen LogP contribution is -2.33. The van der Waals surface area contributed by atoms with Crippen LogP contribution in [0.25, 0.3) is 0 Å². The highest BCUT2D eigenvalue weighted by Gasteiger charge is 2.39. The van der Waals surface area contributed by atoms with Gasteiger partial charge < -0.3 is 24.4 Å². The molecule has 1 heterocycles. The summed E-state index contributed by atoms with van der Waals surface area (Å²) in [6.45, 7) is 2.88. The number of hydrogen-bond donors (Lipinski definition) is 2. The van der Waals surface area contributed by atoms with Crippen LogP contribution in [0.1, 0.15) is 84.0 Å². The predicted octanol–water partition coefficient (Wildman–Crippen LogP) is 4.68. The highest BCUT2D eigenvalue weighted by Crippen LogP contribution is 2.36. The van der Waals surface area contributed by atoms with E-state index in [0.717, 1.165) is 25.7 Å². The molecule has 1 aliphatic heterocycles. The molecule has 0 radical (unpaired) electrons. The van der Waals surface area contributed by atoms with Crippen LogP contribution in [-0.4, -0.2) is 54.5 Å². The van der Waals surface area contributed by atoms with E-state index in [2.05, 4.69) is 25.2 Å². The van der Waals surface area contributed by atoms with Gasteiger partial charge in [0.25, 0.3) is 0 Å². The maximum atomic E-state index is 12.1. The van der Waals surface area contributed by atoms with E-state index < -0.39 is 18.3 Å². The maximum absolute atomic E-state index is 12.1. The van der Waals surface area contributed by atoms with Crippen LogP contribution >= 0.6 is 0 Å². The number of unbranched alkanes of at least 4 members (excludes halogenated alkanes) is 4. The zero-order valence-corrected chi connectivity index (χ0v) is 20.0. The Hall–Kier alpha value is -1.21. The largest absolute Gasteiger partial charge is 0.467 e. The van der Waals surface area contributed by atoms with E-state index in [4.69, 9.17) is 14.2 Å². The number of carbonyl (C=O) groups is 1. The smallest absolute Gasteiger partial charge is 0.335 e. The molecule has 184 valence electrons. The number of ether oxygens (including phenoxy) is 3. The highest BCUT2D eigenvalue weighted by atomic mass is 16.7. The van der Waals surface area contributed by atoms with E-state index in [1.165, 1.54) is 32.8 Å². The molecule has 2 N–H and O–H groups in total. The van der Waals surface area contributed by atoms with Crippen LogP contribution in [-0.2, 0) is 19.0 Å². The molecule has 32 heavy (non-hydrogen) atoms. The second-order valence-electron chi connectivity index (χ2n) is 9.12. The monoisotopic (exact) mass is 452 g/mol. The minimum absolute atomic E-state index is 0.00423. The van der Waals surface area contributed by atoms with Crippen LogP contribution in [0.15, 0.2) is 24.3 Å². The summed E-state index contributed by atoms with van der Waals surface area (Å²) in [7, 11) is 1.38. The third-order valence-electron chi connectivity index (χ3n) is 6.59. The number of allylic oxidation sites excluding steroid dienone is 3. The third kappa shape index (κ3) is 9.34. The van der Waals surface area contributed by atoms with Gasteiger partial charge in [0.2, 0.25) is 0 Å². The van der Waals surface area contributed by atoms with Gasteiger partial charge in [-0.3, -0.25) is 0 Å². The Morgan fingerprint density at radius 3 is 2.66 bits per heavy atom. The Labute approximate surface area is 194 Å². The quantitative estimate of drug-likeness (QED) is 0.226. The van der Waals surface area contributed by atoms with E-state index >= 15 is 0 Å². The van der Waals surface area contributed by atoms with Crippen LogP contribution in [0.4, 0.5) is 0 Å². The zero-order chi connectivity index (χ0) is 23.2. The molecule has 1 saturated heterocycles. The molecule has 2 fully saturated rings. The summed E-state index contributed by atoms with van der Waals surface area (Å²) in [5.41, 5.74) is 0. The molecular weight excluding hydrogens is 408 g/mol. The fraction of sp³-hybridized carbons (Fsp3) is 0.808. The second-order valence-corrected chi connectivity index (χ2v) is 9.12. The summed E-state index contributed by atoms with van der Waals surface area (Å²) in [6.07, 6.45) is 17.6. The summed E-state index contributed by atoms with van der Waals surface area (Å²) < 4.78 is 16.3. The van der Waals surface area contributed by atoms with E-state index in [-0.39, 0.29) is 24.1 Å². The number of rotatable bonds is 14. The van der Waals surface area contributed by atoms with Crippen LogP contribution in [0.3, 0.4) is 0 Å². The average molecular weight is 453 g/mol. The lowest BCUT2D eigenvalue weighted by atomic mass is 9.89. The van der Waals surface area contributed by atoms with E-state index in [9.17, 15) is 15.0 Å². The van der Waals surface area contributed by atoms with Gasteiger partial charge in [0.1, 0.15) is 0 Å². The third-order valence-corrected chi connectivity index (χ3v) is 6.59. The van der Waals surface area contributed by atoms with Crippen LogP contribution in [0.2, 0.25) is 0 Å². The van der Waals surface area contributed by atoms with Gasteiger partial charge in [-0.1, -0.05) is 50.5 Å². The number of aliphatic hydroxyl groups excluding tert-OH is 2. The minimum atomic E-state index is -0.630. The van der Waals surface area contributed by atoms with Gasteiger partial charge in [0.05, 0.1) is 19.3 Å². The molecule has 0 spiro atoms. The molecular formula is C26H44O6. The van der Waals surface area contributed by atoms with Gasteiger partial charge in [0.15, 0.2) is 12.4 Å². The first-order valence-electron chi connectivity index (χ1n) is 12.6. The van der Waals surface area contributed by atoms with Crippen molar-refractivity contribution in [3.8, 4) is 0 Å². The van der Waals surface area contributed by atoms with Crippen LogP contribution in [0, 0.1) is 11.8 Å². The summed E-state index contributed by atoms with van der Waals surface area (Å²) in [5.74, 6) is -0.349. The SMILES string of the molecule is CCCCCC/C=C/[C@@H]1[C@@H](C/C=C\CCC(OC2CCCCO2)C(=O)OC)[C@@H](O)C[C@H]1O. The lowest BCUT2D eigenvalue weighted by Gasteiger charge is -2.26. The van der Waals surface area contributed by atoms with Gasteiger partial charge in [-0.05, 0) is 57.3 Å². The van der Waals surface area contributed by atoms with E-state index in [1.807, 2.05) is 6.08 Å². The number of esters is 1. The first kappa shape index (κ1) is 27.0. The van der Waals surface area contributed by atoms with Gasteiger partial charge in [-0.15, -0.1) is 0 Å². The number of aliphatic hydroxyl groups is 2. The van der Waals surface area contributed by atoms with Crippen LogP contribution < -0.4 is 0 Å². The summed E-state index contributed by atoms with van der Waals surface area (Å²) >= 11 is 0. The van der Waals surface area contributed by atoms with Crippen molar-refractivity contribution in [3.05, 3.63) is 24.3 Å². The standard InChI is InChI=1S/C26H44O6/c1-3-4-5-6-7-9-14-20-21(23(28)19-22(20)27)15-10-8-11-16-24(26(29)30-2)32-25-17-12-13-18-31-25/h8-10,14,20-25,27-28H,3-7,11-13,15-19H2,1-2H3/b10-8-,14-9+/t20-,21-,22-,23+,24?,25?/m1/s1. The molecule has 2 rings (SSSR count). The molecule has 6 heteroatoms. The van der Waals surface area contributed by atoms with Crippen molar-refractivity contribution < 1.29 is 29.2 Å².